The Hall–Kier alpha value is -0.380. The first kappa shape index (κ1) is 13.1. The lowest BCUT2D eigenvalue weighted by atomic mass is 10.0. The molecule has 1 aliphatic rings. The van der Waals surface area contributed by atoms with E-state index < -0.39 is 0 Å². The highest BCUT2D eigenvalue weighted by atomic mass is 79.9. The van der Waals surface area contributed by atoms with E-state index in [9.17, 15) is 0 Å². The zero-order valence-corrected chi connectivity index (χ0v) is 12.3. The highest BCUT2D eigenvalue weighted by Gasteiger charge is 2.20. The predicted molar refractivity (Wildman–Crippen MR) is 76.1 cm³/mol. The Balaban J connectivity index is 1.93. The number of nitrogens with zero attached hydrogens (tertiary/aromatic N) is 2. The van der Waals surface area contributed by atoms with E-state index in [1.165, 1.54) is 36.0 Å². The molecule has 0 radical (unpaired) electrons. The second-order valence-corrected chi connectivity index (χ2v) is 5.90. The molecule has 0 atom stereocenters. The van der Waals surface area contributed by atoms with Crippen molar-refractivity contribution in [2.75, 3.05) is 27.2 Å². The Bertz CT molecular complexity index is 359. The molecule has 1 aliphatic heterocycles. The minimum Gasteiger partial charge on any atom is -0.306 e. The first-order valence-corrected chi connectivity index (χ1v) is 7.08. The molecule has 0 aliphatic carbocycles. The highest BCUT2D eigenvalue weighted by Crippen LogP contribution is 2.21. The van der Waals surface area contributed by atoms with Crippen molar-refractivity contribution in [2.24, 2.45) is 0 Å². The lowest BCUT2D eigenvalue weighted by Crippen LogP contribution is -2.41. The molecule has 1 saturated heterocycles. The van der Waals surface area contributed by atoms with E-state index in [0.717, 1.165) is 12.6 Å². The SMILES string of the molecule is CN1CCC(N(C)Cc2ccccc2Br)CC1. The number of hydrogen-bond donors (Lipinski definition) is 0. The zero-order valence-electron chi connectivity index (χ0n) is 10.7. The van der Waals surface area contributed by atoms with Crippen LogP contribution in [0, 0.1) is 0 Å². The third-order valence-corrected chi connectivity index (χ3v) is 4.46. The third-order valence-electron chi connectivity index (χ3n) is 3.69. The van der Waals surface area contributed by atoms with Crippen molar-refractivity contribution in [1.29, 1.82) is 0 Å². The van der Waals surface area contributed by atoms with E-state index in [1.54, 1.807) is 0 Å². The van der Waals surface area contributed by atoms with Crippen LogP contribution in [0.15, 0.2) is 28.7 Å². The maximum atomic E-state index is 3.62. The molecular formula is C14H21BrN2. The van der Waals surface area contributed by atoms with Crippen LogP contribution in [0.5, 0.6) is 0 Å². The molecule has 2 rings (SSSR count). The molecular weight excluding hydrogens is 276 g/mol. The Morgan fingerprint density at radius 3 is 2.59 bits per heavy atom. The molecule has 0 amide bonds. The monoisotopic (exact) mass is 296 g/mol. The van der Waals surface area contributed by atoms with Gasteiger partial charge in [0.15, 0.2) is 0 Å². The van der Waals surface area contributed by atoms with Crippen molar-refractivity contribution in [3.8, 4) is 0 Å². The van der Waals surface area contributed by atoms with Gasteiger partial charge in [-0.05, 0) is 51.7 Å². The van der Waals surface area contributed by atoms with E-state index in [4.69, 9.17) is 0 Å². The Morgan fingerprint density at radius 1 is 1.29 bits per heavy atom. The Morgan fingerprint density at radius 2 is 1.94 bits per heavy atom. The number of rotatable bonds is 3. The summed E-state index contributed by atoms with van der Waals surface area (Å²) in [5.74, 6) is 0. The molecule has 0 aromatic heterocycles. The quantitative estimate of drug-likeness (QED) is 0.846. The van der Waals surface area contributed by atoms with Gasteiger partial charge in [-0.1, -0.05) is 34.1 Å². The summed E-state index contributed by atoms with van der Waals surface area (Å²) >= 11 is 3.62. The fourth-order valence-corrected chi connectivity index (χ4v) is 2.87. The first-order valence-electron chi connectivity index (χ1n) is 6.29. The fraction of sp³-hybridized carbons (Fsp3) is 0.571. The van der Waals surface area contributed by atoms with E-state index >= 15 is 0 Å². The summed E-state index contributed by atoms with van der Waals surface area (Å²) in [6, 6.07) is 9.25. The molecule has 0 saturated carbocycles. The number of hydrogen-bond acceptors (Lipinski definition) is 2. The van der Waals surface area contributed by atoms with Gasteiger partial charge in [-0.2, -0.15) is 0 Å². The van der Waals surface area contributed by atoms with Crippen molar-refractivity contribution in [1.82, 2.24) is 9.80 Å². The van der Waals surface area contributed by atoms with Gasteiger partial charge >= 0.3 is 0 Å². The standard InChI is InChI=1S/C14H21BrN2/c1-16-9-7-13(8-10-16)17(2)11-12-5-3-4-6-14(12)15/h3-6,13H,7-11H2,1-2H3. The van der Waals surface area contributed by atoms with Gasteiger partial charge in [0.25, 0.3) is 0 Å². The predicted octanol–water partition coefficient (Wildman–Crippen LogP) is 2.98. The fourth-order valence-electron chi connectivity index (χ4n) is 2.46. The summed E-state index contributed by atoms with van der Waals surface area (Å²) in [6.45, 7) is 3.49. The van der Waals surface area contributed by atoms with Crippen LogP contribution in [0.25, 0.3) is 0 Å². The lowest BCUT2D eigenvalue weighted by Gasteiger charge is -2.35. The van der Waals surface area contributed by atoms with Crippen LogP contribution < -0.4 is 0 Å². The molecule has 17 heavy (non-hydrogen) atoms. The van der Waals surface area contributed by atoms with Gasteiger partial charge in [0.05, 0.1) is 0 Å². The molecule has 1 heterocycles. The maximum absolute atomic E-state index is 3.62. The van der Waals surface area contributed by atoms with Crippen molar-refractivity contribution in [3.05, 3.63) is 34.3 Å². The average molecular weight is 297 g/mol. The number of piperidine rings is 1. The van der Waals surface area contributed by atoms with E-state index in [2.05, 4.69) is 64.1 Å². The van der Waals surface area contributed by atoms with Gasteiger partial charge in [-0.15, -0.1) is 0 Å². The average Bonchev–Trinajstić information content (AvgIpc) is 2.33. The van der Waals surface area contributed by atoms with Crippen LogP contribution in [-0.2, 0) is 6.54 Å². The van der Waals surface area contributed by atoms with Crippen LogP contribution in [0.3, 0.4) is 0 Å². The summed E-state index contributed by atoms with van der Waals surface area (Å²) in [4.78, 5) is 4.91. The third kappa shape index (κ3) is 3.54. The number of likely N-dealkylation sites (tertiary alicyclic amines) is 1. The molecule has 1 aromatic carbocycles. The van der Waals surface area contributed by atoms with Gasteiger partial charge in [-0.3, -0.25) is 4.90 Å². The molecule has 94 valence electrons. The topological polar surface area (TPSA) is 6.48 Å². The van der Waals surface area contributed by atoms with Gasteiger partial charge in [0, 0.05) is 17.1 Å². The Kier molecular flexibility index (Phi) is 4.60. The van der Waals surface area contributed by atoms with Gasteiger partial charge in [0.2, 0.25) is 0 Å². The highest BCUT2D eigenvalue weighted by molar-refractivity contribution is 9.10. The smallest absolute Gasteiger partial charge is 0.0244 e. The van der Waals surface area contributed by atoms with Crippen LogP contribution in [0.2, 0.25) is 0 Å². The summed E-state index contributed by atoms with van der Waals surface area (Å²) in [5.41, 5.74) is 1.38. The normalized spacial score (nSPS) is 18.8. The van der Waals surface area contributed by atoms with Crippen LogP contribution in [0.4, 0.5) is 0 Å². The summed E-state index contributed by atoms with van der Waals surface area (Å²) in [5, 5.41) is 0. The molecule has 2 nitrogen and oxygen atoms in total. The van der Waals surface area contributed by atoms with Crippen LogP contribution in [-0.4, -0.2) is 43.0 Å². The largest absolute Gasteiger partial charge is 0.306 e. The second-order valence-electron chi connectivity index (χ2n) is 5.04. The van der Waals surface area contributed by atoms with Crippen LogP contribution >= 0.6 is 15.9 Å². The van der Waals surface area contributed by atoms with Gasteiger partial charge in [0.1, 0.15) is 0 Å². The summed E-state index contributed by atoms with van der Waals surface area (Å²) in [7, 11) is 4.46. The van der Waals surface area contributed by atoms with Crippen LogP contribution in [0.1, 0.15) is 18.4 Å². The molecule has 0 bridgehead atoms. The summed E-state index contributed by atoms with van der Waals surface area (Å²) in [6.07, 6.45) is 2.58. The molecule has 0 unspecified atom stereocenters. The molecule has 1 aromatic rings. The lowest BCUT2D eigenvalue weighted by molar-refractivity contribution is 0.139. The van der Waals surface area contributed by atoms with Crippen molar-refractivity contribution in [2.45, 2.75) is 25.4 Å². The van der Waals surface area contributed by atoms with Gasteiger partial charge < -0.3 is 4.90 Å². The summed E-state index contributed by atoms with van der Waals surface area (Å²) < 4.78 is 1.22. The maximum Gasteiger partial charge on any atom is 0.0244 e. The molecule has 0 N–H and O–H groups in total. The minimum absolute atomic E-state index is 0.735. The zero-order chi connectivity index (χ0) is 12.3. The van der Waals surface area contributed by atoms with Crippen molar-refractivity contribution >= 4 is 15.9 Å². The molecule has 0 spiro atoms. The second kappa shape index (κ2) is 5.98. The van der Waals surface area contributed by atoms with Gasteiger partial charge in [-0.25, -0.2) is 0 Å². The van der Waals surface area contributed by atoms with E-state index in [0.29, 0.717) is 0 Å². The minimum atomic E-state index is 0.735. The van der Waals surface area contributed by atoms with E-state index in [1.807, 2.05) is 0 Å². The molecule has 3 heteroatoms. The first-order chi connectivity index (χ1) is 8.16. The number of benzene rings is 1. The van der Waals surface area contributed by atoms with E-state index in [-0.39, 0.29) is 0 Å². The Labute approximate surface area is 113 Å². The van der Waals surface area contributed by atoms with Crippen molar-refractivity contribution < 1.29 is 0 Å². The number of halogens is 1. The van der Waals surface area contributed by atoms with Crippen molar-refractivity contribution in [3.63, 3.8) is 0 Å². The molecule has 1 fully saturated rings.